The molecule has 2 N–H and O–H groups in total. The van der Waals surface area contributed by atoms with Gasteiger partial charge in [0.25, 0.3) is 0 Å². The molecule has 0 fully saturated rings. The number of para-hydroxylation sites is 2. The Balaban J connectivity index is 2.12. The highest BCUT2D eigenvalue weighted by molar-refractivity contribution is 6.43. The van der Waals surface area contributed by atoms with Crippen LogP contribution < -0.4 is 10.6 Å². The molecular formula is C18H20N2O2. The number of amides is 2. The van der Waals surface area contributed by atoms with E-state index in [4.69, 9.17) is 0 Å². The summed E-state index contributed by atoms with van der Waals surface area (Å²) < 4.78 is 0. The molecule has 0 heterocycles. The highest BCUT2D eigenvalue weighted by atomic mass is 16.2. The van der Waals surface area contributed by atoms with E-state index in [0.29, 0.717) is 11.4 Å². The number of aryl methyl sites for hydroxylation is 3. The summed E-state index contributed by atoms with van der Waals surface area (Å²) >= 11 is 0. The van der Waals surface area contributed by atoms with Crippen molar-refractivity contribution in [3.05, 3.63) is 59.2 Å². The van der Waals surface area contributed by atoms with E-state index in [1.165, 1.54) is 0 Å². The van der Waals surface area contributed by atoms with Gasteiger partial charge in [0.2, 0.25) is 0 Å². The first-order valence-electron chi connectivity index (χ1n) is 7.29. The van der Waals surface area contributed by atoms with Gasteiger partial charge in [0.1, 0.15) is 0 Å². The molecule has 0 atom stereocenters. The molecule has 0 radical (unpaired) electrons. The van der Waals surface area contributed by atoms with Crippen molar-refractivity contribution < 1.29 is 9.59 Å². The molecule has 0 saturated heterocycles. The SMILES string of the molecule is CCc1ccccc1NC(=O)C(=O)Nc1c(C)cccc1C. The standard InChI is InChI=1S/C18H20N2O2/c1-4-14-10-5-6-11-15(14)19-17(21)18(22)20-16-12(2)8-7-9-13(16)3/h5-11H,4H2,1-3H3,(H,19,21)(H,20,22). The lowest BCUT2D eigenvalue weighted by molar-refractivity contribution is -0.133. The predicted octanol–water partition coefficient (Wildman–Crippen LogP) is 3.44. The van der Waals surface area contributed by atoms with E-state index in [2.05, 4.69) is 10.6 Å². The fraction of sp³-hybridized carbons (Fsp3) is 0.222. The van der Waals surface area contributed by atoms with Gasteiger partial charge in [0.05, 0.1) is 0 Å². The van der Waals surface area contributed by atoms with Gasteiger partial charge in [-0.2, -0.15) is 0 Å². The van der Waals surface area contributed by atoms with Gasteiger partial charge < -0.3 is 10.6 Å². The van der Waals surface area contributed by atoms with Crippen LogP contribution >= 0.6 is 0 Å². The van der Waals surface area contributed by atoms with E-state index in [0.717, 1.165) is 23.1 Å². The number of carbonyl (C=O) groups is 2. The third kappa shape index (κ3) is 3.52. The molecule has 0 aliphatic rings. The summed E-state index contributed by atoms with van der Waals surface area (Å²) in [6.07, 6.45) is 0.787. The van der Waals surface area contributed by atoms with Gasteiger partial charge in [0, 0.05) is 11.4 Å². The Morgan fingerprint density at radius 1 is 0.864 bits per heavy atom. The van der Waals surface area contributed by atoms with Gasteiger partial charge in [0.15, 0.2) is 0 Å². The Morgan fingerprint density at radius 2 is 1.45 bits per heavy atom. The number of benzene rings is 2. The van der Waals surface area contributed by atoms with Gasteiger partial charge >= 0.3 is 11.8 Å². The van der Waals surface area contributed by atoms with Crippen LogP contribution in [0.2, 0.25) is 0 Å². The Morgan fingerprint density at radius 3 is 2.09 bits per heavy atom. The largest absolute Gasteiger partial charge is 0.318 e. The third-order valence-electron chi connectivity index (χ3n) is 3.57. The lowest BCUT2D eigenvalue weighted by Crippen LogP contribution is -2.30. The molecule has 2 aromatic rings. The molecule has 2 amide bonds. The molecule has 4 nitrogen and oxygen atoms in total. The Labute approximate surface area is 130 Å². The maximum Gasteiger partial charge on any atom is 0.314 e. The molecule has 0 saturated carbocycles. The van der Waals surface area contributed by atoms with Crippen molar-refractivity contribution in [3.63, 3.8) is 0 Å². The molecule has 0 aromatic heterocycles. The van der Waals surface area contributed by atoms with E-state index >= 15 is 0 Å². The zero-order chi connectivity index (χ0) is 16.1. The number of nitrogens with one attached hydrogen (secondary N) is 2. The fourth-order valence-electron chi connectivity index (χ4n) is 2.31. The van der Waals surface area contributed by atoms with Crippen LogP contribution in [0.5, 0.6) is 0 Å². The fourth-order valence-corrected chi connectivity index (χ4v) is 2.31. The second-order valence-corrected chi connectivity index (χ2v) is 5.19. The summed E-state index contributed by atoms with van der Waals surface area (Å²) in [4.78, 5) is 24.2. The molecule has 0 aliphatic carbocycles. The smallest absolute Gasteiger partial charge is 0.314 e. The van der Waals surface area contributed by atoms with Crippen molar-refractivity contribution in [1.29, 1.82) is 0 Å². The van der Waals surface area contributed by atoms with Crippen molar-refractivity contribution in [2.45, 2.75) is 27.2 Å². The van der Waals surface area contributed by atoms with Crippen molar-refractivity contribution in [3.8, 4) is 0 Å². The van der Waals surface area contributed by atoms with Crippen molar-refractivity contribution in [2.75, 3.05) is 10.6 Å². The number of carbonyl (C=O) groups excluding carboxylic acids is 2. The van der Waals surface area contributed by atoms with E-state index < -0.39 is 11.8 Å². The Hall–Kier alpha value is -2.62. The average Bonchev–Trinajstić information content (AvgIpc) is 2.51. The number of rotatable bonds is 3. The lowest BCUT2D eigenvalue weighted by atomic mass is 10.1. The Bertz CT molecular complexity index is 688. The second-order valence-electron chi connectivity index (χ2n) is 5.19. The molecular weight excluding hydrogens is 276 g/mol. The van der Waals surface area contributed by atoms with E-state index in [-0.39, 0.29) is 0 Å². The second kappa shape index (κ2) is 6.89. The molecule has 0 bridgehead atoms. The zero-order valence-electron chi connectivity index (χ0n) is 13.1. The van der Waals surface area contributed by atoms with Gasteiger partial charge in [-0.1, -0.05) is 43.3 Å². The van der Waals surface area contributed by atoms with Crippen LogP contribution in [-0.2, 0) is 16.0 Å². The van der Waals surface area contributed by atoms with Crippen molar-refractivity contribution in [1.82, 2.24) is 0 Å². The van der Waals surface area contributed by atoms with E-state index in [1.54, 1.807) is 6.07 Å². The minimum atomic E-state index is -0.664. The van der Waals surface area contributed by atoms with Crippen molar-refractivity contribution in [2.24, 2.45) is 0 Å². The predicted molar refractivity (Wildman–Crippen MR) is 89.0 cm³/mol. The quantitative estimate of drug-likeness (QED) is 0.852. The van der Waals surface area contributed by atoms with Crippen LogP contribution in [0.3, 0.4) is 0 Å². The molecule has 0 spiro atoms. The third-order valence-corrected chi connectivity index (χ3v) is 3.57. The summed E-state index contributed by atoms with van der Waals surface area (Å²) in [7, 11) is 0. The van der Waals surface area contributed by atoms with Gasteiger partial charge in [-0.15, -0.1) is 0 Å². The van der Waals surface area contributed by atoms with Crippen LogP contribution in [0.4, 0.5) is 11.4 Å². The summed E-state index contributed by atoms with van der Waals surface area (Å²) in [5.74, 6) is -1.33. The molecule has 2 aromatic carbocycles. The molecule has 114 valence electrons. The van der Waals surface area contributed by atoms with Gasteiger partial charge in [-0.05, 0) is 43.0 Å². The maximum atomic E-state index is 12.1. The molecule has 0 unspecified atom stereocenters. The van der Waals surface area contributed by atoms with E-state index in [1.807, 2.05) is 57.2 Å². The first-order valence-corrected chi connectivity index (χ1v) is 7.29. The first-order chi connectivity index (χ1) is 10.5. The average molecular weight is 296 g/mol. The highest BCUT2D eigenvalue weighted by Gasteiger charge is 2.16. The molecule has 4 heteroatoms. The monoisotopic (exact) mass is 296 g/mol. The lowest BCUT2D eigenvalue weighted by Gasteiger charge is -2.12. The minimum Gasteiger partial charge on any atom is -0.318 e. The highest BCUT2D eigenvalue weighted by Crippen LogP contribution is 2.20. The number of anilines is 2. The van der Waals surface area contributed by atoms with E-state index in [9.17, 15) is 9.59 Å². The molecule has 22 heavy (non-hydrogen) atoms. The zero-order valence-corrected chi connectivity index (χ0v) is 13.1. The summed E-state index contributed by atoms with van der Waals surface area (Å²) in [6, 6.07) is 13.2. The van der Waals surface area contributed by atoms with Crippen LogP contribution in [0.1, 0.15) is 23.6 Å². The van der Waals surface area contributed by atoms with Gasteiger partial charge in [-0.25, -0.2) is 0 Å². The van der Waals surface area contributed by atoms with Crippen molar-refractivity contribution >= 4 is 23.2 Å². The Kier molecular flexibility index (Phi) is 4.94. The number of hydrogen-bond acceptors (Lipinski definition) is 2. The van der Waals surface area contributed by atoms with Crippen LogP contribution in [0, 0.1) is 13.8 Å². The molecule has 0 aliphatic heterocycles. The van der Waals surface area contributed by atoms with Gasteiger partial charge in [-0.3, -0.25) is 9.59 Å². The summed E-state index contributed by atoms with van der Waals surface area (Å²) in [6.45, 7) is 5.79. The minimum absolute atomic E-state index is 0.663. The summed E-state index contributed by atoms with van der Waals surface area (Å²) in [5, 5.41) is 5.35. The maximum absolute atomic E-state index is 12.1. The van der Waals surface area contributed by atoms with Crippen LogP contribution in [0.25, 0.3) is 0 Å². The topological polar surface area (TPSA) is 58.2 Å². The van der Waals surface area contributed by atoms with Crippen LogP contribution in [0.15, 0.2) is 42.5 Å². The molecule has 2 rings (SSSR count). The van der Waals surface area contributed by atoms with Crippen LogP contribution in [-0.4, -0.2) is 11.8 Å². The first kappa shape index (κ1) is 15.8. The summed E-state index contributed by atoms with van der Waals surface area (Å²) in [5.41, 5.74) is 4.21. The normalized spacial score (nSPS) is 10.1. The number of hydrogen-bond donors (Lipinski definition) is 2.